The summed E-state index contributed by atoms with van der Waals surface area (Å²) in [5.41, 5.74) is 6.69. The van der Waals surface area contributed by atoms with Crippen LogP contribution in [0.25, 0.3) is 0 Å². The first kappa shape index (κ1) is 9.51. The first-order valence-corrected chi connectivity index (χ1v) is 4.60. The van der Waals surface area contributed by atoms with Crippen molar-refractivity contribution in [1.29, 1.82) is 0 Å². The minimum atomic E-state index is -0.925. The molecule has 1 heterocycles. The van der Waals surface area contributed by atoms with E-state index >= 15 is 0 Å². The third kappa shape index (κ3) is 1.90. The van der Waals surface area contributed by atoms with Gasteiger partial charge in [0.1, 0.15) is 5.84 Å². The summed E-state index contributed by atoms with van der Waals surface area (Å²) < 4.78 is 0. The molecule has 0 saturated carbocycles. The van der Waals surface area contributed by atoms with Gasteiger partial charge >= 0.3 is 5.97 Å². The molecule has 0 bridgehead atoms. The molecule has 5 nitrogen and oxygen atoms in total. The maximum Gasteiger partial charge on any atom is 0.335 e. The largest absolute Gasteiger partial charge is 0.478 e. The summed E-state index contributed by atoms with van der Waals surface area (Å²) in [7, 11) is 0. The highest BCUT2D eigenvalue weighted by Gasteiger charge is 2.13. The fourth-order valence-corrected chi connectivity index (χ4v) is 1.44. The van der Waals surface area contributed by atoms with Gasteiger partial charge in [-0.25, -0.2) is 4.79 Å². The highest BCUT2D eigenvalue weighted by atomic mass is 16.4. The van der Waals surface area contributed by atoms with E-state index in [-0.39, 0.29) is 5.56 Å². The Labute approximate surface area is 86.8 Å². The van der Waals surface area contributed by atoms with E-state index in [2.05, 4.69) is 5.10 Å². The number of hydrogen-bond donors (Lipinski definition) is 2. The lowest BCUT2D eigenvalue weighted by molar-refractivity contribution is 0.0697. The summed E-state index contributed by atoms with van der Waals surface area (Å²) in [6, 6.07) is 6.57. The number of nitrogens with zero attached hydrogens (tertiary/aromatic N) is 2. The Morgan fingerprint density at radius 3 is 2.53 bits per heavy atom. The molecule has 0 unspecified atom stereocenters. The number of aromatic carboxylic acids is 1. The molecule has 5 heteroatoms. The fourth-order valence-electron chi connectivity index (χ4n) is 1.44. The molecule has 0 atom stereocenters. The predicted molar refractivity (Wildman–Crippen MR) is 57.0 cm³/mol. The molecule has 78 valence electrons. The number of carboxylic acid groups (broad SMARTS) is 1. The van der Waals surface area contributed by atoms with Crippen molar-refractivity contribution in [3.63, 3.8) is 0 Å². The van der Waals surface area contributed by atoms with Gasteiger partial charge in [-0.3, -0.25) is 5.01 Å². The molecule has 1 aliphatic heterocycles. The van der Waals surface area contributed by atoms with Crippen LogP contribution in [0.1, 0.15) is 16.8 Å². The Morgan fingerprint density at radius 1 is 1.40 bits per heavy atom. The molecule has 15 heavy (non-hydrogen) atoms. The Balaban J connectivity index is 2.21. The number of nitrogens with two attached hydrogens (primary N) is 1. The topological polar surface area (TPSA) is 78.9 Å². The molecule has 0 spiro atoms. The quantitative estimate of drug-likeness (QED) is 0.750. The Morgan fingerprint density at radius 2 is 2.07 bits per heavy atom. The second-order valence-corrected chi connectivity index (χ2v) is 3.32. The van der Waals surface area contributed by atoms with E-state index in [1.54, 1.807) is 29.3 Å². The minimum Gasteiger partial charge on any atom is -0.478 e. The number of carbonyl (C=O) groups is 1. The summed E-state index contributed by atoms with van der Waals surface area (Å²) >= 11 is 0. The van der Waals surface area contributed by atoms with Crippen molar-refractivity contribution in [3.05, 3.63) is 29.8 Å². The smallest absolute Gasteiger partial charge is 0.335 e. The molecule has 1 aromatic carbocycles. The number of amidine groups is 1. The lowest BCUT2D eigenvalue weighted by Gasteiger charge is -2.12. The number of carboxylic acids is 1. The van der Waals surface area contributed by atoms with E-state index < -0.39 is 5.97 Å². The maximum atomic E-state index is 10.6. The molecule has 0 saturated heterocycles. The van der Waals surface area contributed by atoms with Crippen LogP contribution < -0.4 is 10.7 Å². The third-order valence-electron chi connectivity index (χ3n) is 2.24. The Bertz CT molecular complexity index is 411. The Kier molecular flexibility index (Phi) is 2.29. The number of hydrazone groups is 1. The van der Waals surface area contributed by atoms with Gasteiger partial charge in [0.25, 0.3) is 0 Å². The van der Waals surface area contributed by atoms with Crippen LogP contribution in [0.5, 0.6) is 0 Å². The number of anilines is 1. The normalized spacial score (nSPS) is 15.2. The second-order valence-electron chi connectivity index (χ2n) is 3.32. The summed E-state index contributed by atoms with van der Waals surface area (Å²) in [6.07, 6.45) is 0.751. The van der Waals surface area contributed by atoms with Gasteiger partial charge in [0, 0.05) is 13.0 Å². The first-order valence-electron chi connectivity index (χ1n) is 4.60. The maximum absolute atomic E-state index is 10.6. The van der Waals surface area contributed by atoms with Crippen molar-refractivity contribution in [2.24, 2.45) is 10.8 Å². The number of hydrogen-bond acceptors (Lipinski definition) is 4. The van der Waals surface area contributed by atoms with Crippen LogP contribution in [0, 0.1) is 0 Å². The Hall–Kier alpha value is -2.04. The molecular formula is C10H11N3O2. The second kappa shape index (κ2) is 3.61. The standard InChI is InChI=1S/C10H11N3O2/c11-9-5-6-13(12-9)8-3-1-7(2-4-8)10(14)15/h1-4H,5-6H2,(H2,11,12)(H,14,15). The third-order valence-corrected chi connectivity index (χ3v) is 2.24. The summed E-state index contributed by atoms with van der Waals surface area (Å²) in [4.78, 5) is 10.6. The van der Waals surface area contributed by atoms with E-state index in [0.29, 0.717) is 5.84 Å². The first-order chi connectivity index (χ1) is 7.16. The van der Waals surface area contributed by atoms with Gasteiger partial charge < -0.3 is 10.8 Å². The average molecular weight is 205 g/mol. The zero-order valence-corrected chi connectivity index (χ0v) is 8.05. The summed E-state index contributed by atoms with van der Waals surface area (Å²) in [5.74, 6) is -0.316. The van der Waals surface area contributed by atoms with Crippen LogP contribution in [0.2, 0.25) is 0 Å². The molecule has 0 amide bonds. The van der Waals surface area contributed by atoms with Crippen molar-refractivity contribution in [2.75, 3.05) is 11.6 Å². The van der Waals surface area contributed by atoms with E-state index in [1.807, 2.05) is 0 Å². The van der Waals surface area contributed by atoms with Crippen molar-refractivity contribution < 1.29 is 9.90 Å². The van der Waals surface area contributed by atoms with Crippen LogP contribution >= 0.6 is 0 Å². The van der Waals surface area contributed by atoms with Gasteiger partial charge in [0.05, 0.1) is 11.3 Å². The molecule has 2 rings (SSSR count). The highest BCUT2D eigenvalue weighted by molar-refractivity contribution is 5.88. The van der Waals surface area contributed by atoms with Crippen LogP contribution in [0.15, 0.2) is 29.4 Å². The van der Waals surface area contributed by atoms with E-state index in [4.69, 9.17) is 10.8 Å². The van der Waals surface area contributed by atoms with Crippen molar-refractivity contribution in [3.8, 4) is 0 Å². The van der Waals surface area contributed by atoms with Gasteiger partial charge in [0.15, 0.2) is 0 Å². The molecule has 0 radical (unpaired) electrons. The molecule has 3 N–H and O–H groups in total. The number of benzene rings is 1. The molecule has 1 aliphatic rings. The zero-order chi connectivity index (χ0) is 10.8. The average Bonchev–Trinajstić information content (AvgIpc) is 2.65. The van der Waals surface area contributed by atoms with Gasteiger partial charge in [-0.05, 0) is 24.3 Å². The molecule has 1 aromatic rings. The van der Waals surface area contributed by atoms with Crippen LogP contribution in [0.4, 0.5) is 5.69 Å². The van der Waals surface area contributed by atoms with Gasteiger partial charge in [-0.1, -0.05) is 0 Å². The molecule has 0 fully saturated rings. The molecule has 0 aliphatic carbocycles. The summed E-state index contributed by atoms with van der Waals surface area (Å²) in [5, 5.41) is 14.6. The van der Waals surface area contributed by atoms with Crippen LogP contribution in [-0.4, -0.2) is 23.5 Å². The van der Waals surface area contributed by atoms with Crippen molar-refractivity contribution in [2.45, 2.75) is 6.42 Å². The van der Waals surface area contributed by atoms with Gasteiger partial charge in [0.2, 0.25) is 0 Å². The van der Waals surface area contributed by atoms with Crippen molar-refractivity contribution >= 4 is 17.5 Å². The van der Waals surface area contributed by atoms with Crippen LogP contribution in [0.3, 0.4) is 0 Å². The van der Waals surface area contributed by atoms with Crippen molar-refractivity contribution in [1.82, 2.24) is 0 Å². The lowest BCUT2D eigenvalue weighted by Crippen LogP contribution is -2.11. The lowest BCUT2D eigenvalue weighted by atomic mass is 10.2. The summed E-state index contributed by atoms with van der Waals surface area (Å²) in [6.45, 7) is 0.748. The SMILES string of the molecule is NC1=NN(c2ccc(C(=O)O)cc2)CC1. The van der Waals surface area contributed by atoms with Crippen LogP contribution in [-0.2, 0) is 0 Å². The van der Waals surface area contributed by atoms with E-state index in [9.17, 15) is 4.79 Å². The molecular weight excluding hydrogens is 194 g/mol. The van der Waals surface area contributed by atoms with E-state index in [0.717, 1.165) is 18.7 Å². The minimum absolute atomic E-state index is 0.273. The van der Waals surface area contributed by atoms with Gasteiger partial charge in [-0.15, -0.1) is 0 Å². The fraction of sp³-hybridized carbons (Fsp3) is 0.200. The van der Waals surface area contributed by atoms with E-state index in [1.165, 1.54) is 0 Å². The van der Waals surface area contributed by atoms with Gasteiger partial charge in [-0.2, -0.15) is 5.10 Å². The number of rotatable bonds is 2. The highest BCUT2D eigenvalue weighted by Crippen LogP contribution is 2.18. The zero-order valence-electron chi connectivity index (χ0n) is 8.05. The molecule has 0 aromatic heterocycles. The predicted octanol–water partition coefficient (Wildman–Crippen LogP) is 0.867. The monoisotopic (exact) mass is 205 g/mol.